The van der Waals surface area contributed by atoms with E-state index < -0.39 is 0 Å². The molecule has 0 atom stereocenters. The Labute approximate surface area is 130 Å². The Morgan fingerprint density at radius 1 is 0.714 bits per heavy atom. The first kappa shape index (κ1) is 15.8. The summed E-state index contributed by atoms with van der Waals surface area (Å²) in [4.78, 5) is 0. The number of benzene rings is 2. The lowest BCUT2D eigenvalue weighted by molar-refractivity contribution is 0.794. The number of hydrogen-bond donors (Lipinski definition) is 0. The van der Waals surface area contributed by atoms with Crippen molar-refractivity contribution in [1.29, 1.82) is 0 Å². The SMILES string of the molecule is CCCCc1ccc(-c2ccc(CCCC)cc2C)cc1. The molecule has 0 bridgehead atoms. The van der Waals surface area contributed by atoms with E-state index in [4.69, 9.17) is 0 Å². The highest BCUT2D eigenvalue weighted by Crippen LogP contribution is 2.25. The van der Waals surface area contributed by atoms with E-state index in [0.717, 1.165) is 0 Å². The molecule has 2 aromatic carbocycles. The van der Waals surface area contributed by atoms with Crippen LogP contribution < -0.4 is 0 Å². The average Bonchev–Trinajstić information content (AvgIpc) is 2.52. The molecule has 2 aromatic rings. The van der Waals surface area contributed by atoms with Crippen molar-refractivity contribution < 1.29 is 0 Å². The van der Waals surface area contributed by atoms with Gasteiger partial charge in [-0.15, -0.1) is 0 Å². The summed E-state index contributed by atoms with van der Waals surface area (Å²) in [5.41, 5.74) is 7.03. The van der Waals surface area contributed by atoms with Crippen LogP contribution in [0, 0.1) is 6.92 Å². The molecule has 0 aliphatic heterocycles. The molecule has 0 fully saturated rings. The van der Waals surface area contributed by atoms with Crippen LogP contribution in [0.4, 0.5) is 0 Å². The summed E-state index contributed by atoms with van der Waals surface area (Å²) in [6.45, 7) is 6.73. The van der Waals surface area contributed by atoms with Gasteiger partial charge in [-0.3, -0.25) is 0 Å². The number of hydrogen-bond acceptors (Lipinski definition) is 0. The van der Waals surface area contributed by atoms with E-state index in [1.807, 2.05) is 0 Å². The quantitative estimate of drug-likeness (QED) is 0.554. The van der Waals surface area contributed by atoms with Gasteiger partial charge < -0.3 is 0 Å². The maximum absolute atomic E-state index is 2.36. The van der Waals surface area contributed by atoms with Gasteiger partial charge in [0.2, 0.25) is 0 Å². The molecule has 0 unspecified atom stereocenters. The van der Waals surface area contributed by atoms with E-state index in [1.54, 1.807) is 0 Å². The molecule has 0 saturated carbocycles. The maximum atomic E-state index is 2.36. The number of rotatable bonds is 7. The molecular formula is C21H28. The Balaban J connectivity index is 2.13. The van der Waals surface area contributed by atoms with Crippen LogP contribution in [0.1, 0.15) is 56.2 Å². The lowest BCUT2D eigenvalue weighted by Crippen LogP contribution is -1.90. The van der Waals surface area contributed by atoms with E-state index in [0.29, 0.717) is 0 Å². The lowest BCUT2D eigenvalue weighted by Gasteiger charge is -2.10. The molecule has 0 aliphatic rings. The van der Waals surface area contributed by atoms with Crippen LogP contribution in [-0.4, -0.2) is 0 Å². The van der Waals surface area contributed by atoms with Crippen molar-refractivity contribution in [2.45, 2.75) is 59.3 Å². The third-order valence-electron chi connectivity index (χ3n) is 4.19. The number of unbranched alkanes of at least 4 members (excludes halogenated alkanes) is 2. The second kappa shape index (κ2) is 8.02. The average molecular weight is 280 g/mol. The first-order chi connectivity index (χ1) is 10.2. The van der Waals surface area contributed by atoms with Crippen LogP contribution in [-0.2, 0) is 12.8 Å². The molecule has 0 amide bonds. The van der Waals surface area contributed by atoms with Crippen molar-refractivity contribution >= 4 is 0 Å². The molecule has 0 nitrogen and oxygen atoms in total. The summed E-state index contributed by atoms with van der Waals surface area (Å²) >= 11 is 0. The summed E-state index contributed by atoms with van der Waals surface area (Å²) in [6.07, 6.45) is 7.49. The first-order valence-electron chi connectivity index (χ1n) is 8.43. The Morgan fingerprint density at radius 2 is 1.29 bits per heavy atom. The zero-order valence-electron chi connectivity index (χ0n) is 13.8. The molecule has 0 saturated heterocycles. The topological polar surface area (TPSA) is 0 Å². The van der Waals surface area contributed by atoms with Crippen molar-refractivity contribution in [3.05, 3.63) is 59.2 Å². The fourth-order valence-corrected chi connectivity index (χ4v) is 2.82. The normalized spacial score (nSPS) is 10.8. The Kier molecular flexibility index (Phi) is 6.04. The third kappa shape index (κ3) is 4.46. The van der Waals surface area contributed by atoms with Crippen LogP contribution in [0.2, 0.25) is 0 Å². The Bertz CT molecular complexity index is 549. The Morgan fingerprint density at radius 3 is 1.86 bits per heavy atom. The third-order valence-corrected chi connectivity index (χ3v) is 4.19. The van der Waals surface area contributed by atoms with Crippen LogP contribution in [0.15, 0.2) is 42.5 Å². The zero-order chi connectivity index (χ0) is 15.1. The van der Waals surface area contributed by atoms with Crippen molar-refractivity contribution in [1.82, 2.24) is 0 Å². The minimum atomic E-state index is 1.20. The van der Waals surface area contributed by atoms with Crippen LogP contribution in [0.3, 0.4) is 0 Å². The predicted octanol–water partition coefficient (Wildman–Crippen LogP) is 6.35. The molecule has 0 aromatic heterocycles. The fourth-order valence-electron chi connectivity index (χ4n) is 2.82. The van der Waals surface area contributed by atoms with Crippen LogP contribution >= 0.6 is 0 Å². The van der Waals surface area contributed by atoms with Gasteiger partial charge in [0.25, 0.3) is 0 Å². The highest BCUT2D eigenvalue weighted by molar-refractivity contribution is 5.67. The summed E-state index contributed by atoms with van der Waals surface area (Å²) in [7, 11) is 0. The summed E-state index contributed by atoms with van der Waals surface area (Å²) < 4.78 is 0. The van der Waals surface area contributed by atoms with E-state index in [2.05, 4.69) is 63.2 Å². The van der Waals surface area contributed by atoms with Gasteiger partial charge in [0, 0.05) is 0 Å². The summed E-state index contributed by atoms with van der Waals surface area (Å²) in [6, 6.07) is 16.1. The van der Waals surface area contributed by atoms with Crippen LogP contribution in [0.5, 0.6) is 0 Å². The largest absolute Gasteiger partial charge is 0.0654 e. The molecule has 21 heavy (non-hydrogen) atoms. The predicted molar refractivity (Wildman–Crippen MR) is 93.8 cm³/mol. The van der Waals surface area contributed by atoms with Gasteiger partial charge in [-0.1, -0.05) is 69.2 Å². The van der Waals surface area contributed by atoms with Crippen molar-refractivity contribution in [3.63, 3.8) is 0 Å². The second-order valence-corrected chi connectivity index (χ2v) is 6.05. The minimum Gasteiger partial charge on any atom is -0.0654 e. The highest BCUT2D eigenvalue weighted by atomic mass is 14.1. The minimum absolute atomic E-state index is 1.20. The molecule has 0 aliphatic carbocycles. The number of aryl methyl sites for hydroxylation is 3. The lowest BCUT2D eigenvalue weighted by atomic mass is 9.95. The first-order valence-corrected chi connectivity index (χ1v) is 8.43. The monoisotopic (exact) mass is 280 g/mol. The Hall–Kier alpha value is -1.56. The molecule has 2 rings (SSSR count). The van der Waals surface area contributed by atoms with Gasteiger partial charge in [0.05, 0.1) is 0 Å². The van der Waals surface area contributed by atoms with Gasteiger partial charge in [0.15, 0.2) is 0 Å². The maximum Gasteiger partial charge on any atom is -0.0155 e. The zero-order valence-corrected chi connectivity index (χ0v) is 13.8. The molecule has 0 heterocycles. The van der Waals surface area contributed by atoms with Gasteiger partial charge in [-0.05, 0) is 60.4 Å². The van der Waals surface area contributed by atoms with E-state index in [9.17, 15) is 0 Å². The smallest absolute Gasteiger partial charge is 0.0155 e. The van der Waals surface area contributed by atoms with Gasteiger partial charge in [-0.25, -0.2) is 0 Å². The van der Waals surface area contributed by atoms with Crippen molar-refractivity contribution in [3.8, 4) is 11.1 Å². The van der Waals surface area contributed by atoms with Gasteiger partial charge in [-0.2, -0.15) is 0 Å². The molecular weight excluding hydrogens is 252 g/mol. The summed E-state index contributed by atoms with van der Waals surface area (Å²) in [5.74, 6) is 0. The molecule has 0 radical (unpaired) electrons. The highest BCUT2D eigenvalue weighted by Gasteiger charge is 2.03. The fraction of sp³-hybridized carbons (Fsp3) is 0.429. The molecule has 0 spiro atoms. The van der Waals surface area contributed by atoms with Crippen molar-refractivity contribution in [2.24, 2.45) is 0 Å². The van der Waals surface area contributed by atoms with Crippen LogP contribution in [0.25, 0.3) is 11.1 Å². The standard InChI is InChI=1S/C21H28/c1-4-6-8-18-10-13-20(14-11-18)21-15-12-19(9-7-5-2)16-17(21)3/h10-16H,4-9H2,1-3H3. The second-order valence-electron chi connectivity index (χ2n) is 6.05. The molecule has 112 valence electrons. The van der Waals surface area contributed by atoms with Crippen molar-refractivity contribution in [2.75, 3.05) is 0 Å². The van der Waals surface area contributed by atoms with E-state index >= 15 is 0 Å². The molecule has 0 N–H and O–H groups in total. The van der Waals surface area contributed by atoms with E-state index in [1.165, 1.54) is 66.3 Å². The van der Waals surface area contributed by atoms with E-state index in [-0.39, 0.29) is 0 Å². The summed E-state index contributed by atoms with van der Waals surface area (Å²) in [5, 5.41) is 0. The van der Waals surface area contributed by atoms with Gasteiger partial charge >= 0.3 is 0 Å². The van der Waals surface area contributed by atoms with Gasteiger partial charge in [0.1, 0.15) is 0 Å². The molecule has 0 heteroatoms.